The van der Waals surface area contributed by atoms with E-state index in [0.29, 0.717) is 17.7 Å². The van der Waals surface area contributed by atoms with Crippen LogP contribution in [0.2, 0.25) is 0 Å². The molecule has 1 heterocycles. The van der Waals surface area contributed by atoms with Crippen LogP contribution in [0.1, 0.15) is 19.3 Å². The fourth-order valence-electron chi connectivity index (χ4n) is 2.10. The van der Waals surface area contributed by atoms with E-state index in [9.17, 15) is 0 Å². The van der Waals surface area contributed by atoms with Crippen LogP contribution in [-0.4, -0.2) is 11.0 Å². The quantitative estimate of drug-likeness (QED) is 0.614. The largest absolute Gasteiger partial charge is 0.423 e. The van der Waals surface area contributed by atoms with Gasteiger partial charge in [0.05, 0.1) is 0 Å². The average Bonchev–Trinajstić information content (AvgIpc) is 2.71. The third-order valence-corrected chi connectivity index (χ3v) is 3.01. The van der Waals surface area contributed by atoms with Gasteiger partial charge in [0.2, 0.25) is 0 Å². The third-order valence-electron chi connectivity index (χ3n) is 3.01. The highest BCUT2D eigenvalue weighted by atomic mass is 16.4. The molecule has 1 atom stereocenters. The van der Waals surface area contributed by atoms with Crippen molar-refractivity contribution < 1.29 is 4.42 Å². The number of nitrogens with two attached hydrogens (primary N) is 1. The number of nitrogens with zero attached hydrogens (tertiary/aromatic N) is 1. The molecule has 0 amide bonds. The summed E-state index contributed by atoms with van der Waals surface area (Å²) in [5.41, 5.74) is 7.97. The van der Waals surface area contributed by atoms with E-state index < -0.39 is 0 Å². The van der Waals surface area contributed by atoms with E-state index in [4.69, 9.17) is 10.2 Å². The summed E-state index contributed by atoms with van der Waals surface area (Å²) >= 11 is 0. The van der Waals surface area contributed by atoms with Crippen molar-refractivity contribution in [2.24, 2.45) is 0 Å². The Morgan fingerprint density at radius 1 is 1.35 bits per heavy atom. The van der Waals surface area contributed by atoms with Crippen molar-refractivity contribution in [3.8, 4) is 0 Å². The molecule has 0 radical (unpaired) electrons. The first-order valence-corrected chi connectivity index (χ1v) is 5.89. The predicted molar refractivity (Wildman–Crippen MR) is 68.8 cm³/mol. The molecule has 4 nitrogen and oxygen atoms in total. The molecule has 3 rings (SSSR count). The van der Waals surface area contributed by atoms with E-state index in [0.717, 1.165) is 30.4 Å². The second kappa shape index (κ2) is 4.13. The lowest BCUT2D eigenvalue weighted by Gasteiger charge is -2.17. The average molecular weight is 229 g/mol. The Kier molecular flexibility index (Phi) is 2.48. The first-order chi connectivity index (χ1) is 8.31. The second-order valence-corrected chi connectivity index (χ2v) is 4.37. The van der Waals surface area contributed by atoms with Crippen molar-refractivity contribution in [3.63, 3.8) is 0 Å². The Bertz CT molecular complexity index is 559. The first-order valence-electron chi connectivity index (χ1n) is 5.89. The molecule has 0 saturated carbocycles. The van der Waals surface area contributed by atoms with Gasteiger partial charge in [0, 0.05) is 17.8 Å². The van der Waals surface area contributed by atoms with Crippen molar-refractivity contribution in [1.82, 2.24) is 4.98 Å². The number of hydrogen-bond donors (Lipinski definition) is 2. The molecule has 0 fully saturated rings. The number of nitrogens with one attached hydrogen (secondary N) is 1. The number of rotatable bonds is 2. The van der Waals surface area contributed by atoms with E-state index in [1.165, 1.54) is 0 Å². The van der Waals surface area contributed by atoms with Gasteiger partial charge in [-0.1, -0.05) is 12.2 Å². The molecule has 88 valence electrons. The summed E-state index contributed by atoms with van der Waals surface area (Å²) in [6, 6.07) is 6.52. The van der Waals surface area contributed by atoms with Crippen molar-refractivity contribution in [2.75, 3.05) is 11.1 Å². The van der Waals surface area contributed by atoms with Gasteiger partial charge >= 0.3 is 0 Å². The minimum Gasteiger partial charge on any atom is -0.423 e. The number of allylic oxidation sites excluding steroid dienone is 1. The number of hydrogen-bond acceptors (Lipinski definition) is 4. The van der Waals surface area contributed by atoms with Gasteiger partial charge in [-0.3, -0.25) is 0 Å². The van der Waals surface area contributed by atoms with E-state index in [2.05, 4.69) is 22.5 Å². The number of aromatic nitrogens is 1. The molecule has 2 aromatic rings. The molecule has 1 aliphatic carbocycles. The fourth-order valence-corrected chi connectivity index (χ4v) is 2.10. The third kappa shape index (κ3) is 2.11. The van der Waals surface area contributed by atoms with Crippen LogP contribution in [0.15, 0.2) is 34.8 Å². The topological polar surface area (TPSA) is 64.1 Å². The second-order valence-electron chi connectivity index (χ2n) is 4.37. The summed E-state index contributed by atoms with van der Waals surface area (Å²) in [7, 11) is 0. The molecule has 1 aliphatic rings. The monoisotopic (exact) mass is 229 g/mol. The molecule has 1 aromatic heterocycles. The Morgan fingerprint density at radius 3 is 3.12 bits per heavy atom. The van der Waals surface area contributed by atoms with Gasteiger partial charge in [0.15, 0.2) is 5.58 Å². The standard InChI is InChI=1S/C13H15N3O/c14-9-6-7-11-12(8-9)17-13(16-11)15-10-4-2-1-3-5-10/h1-2,6-8,10H,3-5,14H2,(H,15,16). The fraction of sp³-hybridized carbons (Fsp3) is 0.308. The molecule has 3 N–H and O–H groups in total. The van der Waals surface area contributed by atoms with Crippen LogP contribution in [0, 0.1) is 0 Å². The van der Waals surface area contributed by atoms with Crippen LogP contribution < -0.4 is 11.1 Å². The Hall–Kier alpha value is -1.97. The Labute approximate surface area is 99.5 Å². The Balaban J connectivity index is 1.83. The number of oxazole rings is 1. The zero-order valence-corrected chi connectivity index (χ0v) is 9.52. The summed E-state index contributed by atoms with van der Waals surface area (Å²) in [5.74, 6) is 0. The van der Waals surface area contributed by atoms with Crippen LogP contribution in [0.3, 0.4) is 0 Å². The number of fused-ring (bicyclic) bond motifs is 1. The highest BCUT2D eigenvalue weighted by Gasteiger charge is 2.13. The molecule has 0 bridgehead atoms. The van der Waals surface area contributed by atoms with Gasteiger partial charge in [-0.05, 0) is 31.4 Å². The maximum atomic E-state index is 5.70. The van der Waals surface area contributed by atoms with E-state index >= 15 is 0 Å². The normalized spacial score (nSPS) is 19.6. The zero-order chi connectivity index (χ0) is 11.7. The number of anilines is 2. The maximum Gasteiger partial charge on any atom is 0.295 e. The van der Waals surface area contributed by atoms with Crippen LogP contribution in [0.5, 0.6) is 0 Å². The van der Waals surface area contributed by atoms with Gasteiger partial charge in [0.1, 0.15) is 5.52 Å². The SMILES string of the molecule is Nc1ccc2nc(NC3CC=CCC3)oc2c1. The molecule has 17 heavy (non-hydrogen) atoms. The van der Waals surface area contributed by atoms with Crippen LogP contribution in [0.4, 0.5) is 11.7 Å². The number of nitrogen functional groups attached to an aromatic ring is 1. The van der Waals surface area contributed by atoms with Gasteiger partial charge in [-0.15, -0.1) is 0 Å². The molecule has 0 aliphatic heterocycles. The van der Waals surface area contributed by atoms with Crippen molar-refractivity contribution in [2.45, 2.75) is 25.3 Å². The summed E-state index contributed by atoms with van der Waals surface area (Å²) in [4.78, 5) is 4.39. The van der Waals surface area contributed by atoms with E-state index in [1.807, 2.05) is 12.1 Å². The molecular formula is C13H15N3O. The van der Waals surface area contributed by atoms with Gasteiger partial charge in [-0.25, -0.2) is 0 Å². The summed E-state index contributed by atoms with van der Waals surface area (Å²) < 4.78 is 5.63. The Morgan fingerprint density at radius 2 is 2.29 bits per heavy atom. The number of benzene rings is 1. The predicted octanol–water partition coefficient (Wildman–Crippen LogP) is 2.93. The highest BCUT2D eigenvalue weighted by molar-refractivity contribution is 5.78. The molecular weight excluding hydrogens is 214 g/mol. The minimum atomic E-state index is 0.422. The molecule has 1 aromatic carbocycles. The zero-order valence-electron chi connectivity index (χ0n) is 9.52. The molecule has 4 heteroatoms. The van der Waals surface area contributed by atoms with Crippen LogP contribution in [0.25, 0.3) is 11.1 Å². The highest BCUT2D eigenvalue weighted by Crippen LogP contribution is 2.23. The lowest BCUT2D eigenvalue weighted by molar-refractivity contribution is 0.571. The first kappa shape index (κ1) is 10.2. The van der Waals surface area contributed by atoms with E-state index in [1.54, 1.807) is 6.07 Å². The lowest BCUT2D eigenvalue weighted by Crippen LogP contribution is -2.20. The van der Waals surface area contributed by atoms with Crippen molar-refractivity contribution in [3.05, 3.63) is 30.4 Å². The van der Waals surface area contributed by atoms with Crippen molar-refractivity contribution >= 4 is 22.8 Å². The van der Waals surface area contributed by atoms with Gasteiger partial charge in [-0.2, -0.15) is 4.98 Å². The summed E-state index contributed by atoms with van der Waals surface area (Å²) in [6.45, 7) is 0. The summed E-state index contributed by atoms with van der Waals surface area (Å²) in [6.07, 6.45) is 7.68. The summed E-state index contributed by atoms with van der Waals surface area (Å²) in [5, 5.41) is 3.32. The van der Waals surface area contributed by atoms with E-state index in [-0.39, 0.29) is 0 Å². The van der Waals surface area contributed by atoms with Crippen LogP contribution >= 0.6 is 0 Å². The molecule has 1 unspecified atom stereocenters. The lowest BCUT2D eigenvalue weighted by atomic mass is 10.0. The van der Waals surface area contributed by atoms with Gasteiger partial charge in [0.25, 0.3) is 6.01 Å². The van der Waals surface area contributed by atoms with Gasteiger partial charge < -0.3 is 15.5 Å². The smallest absolute Gasteiger partial charge is 0.295 e. The van der Waals surface area contributed by atoms with Crippen LogP contribution in [-0.2, 0) is 0 Å². The van der Waals surface area contributed by atoms with Crippen molar-refractivity contribution in [1.29, 1.82) is 0 Å². The molecule has 0 spiro atoms. The maximum absolute atomic E-state index is 5.70. The molecule has 0 saturated heterocycles. The minimum absolute atomic E-state index is 0.422.